The van der Waals surface area contributed by atoms with Crippen molar-refractivity contribution in [2.75, 3.05) is 0 Å². The number of aromatic nitrogens is 2. The highest BCUT2D eigenvalue weighted by atomic mass is 16.2. The van der Waals surface area contributed by atoms with Crippen LogP contribution in [0.3, 0.4) is 0 Å². The maximum atomic E-state index is 12.5. The Hall–Kier alpha value is -3.19. The van der Waals surface area contributed by atoms with Gasteiger partial charge in [-0.2, -0.15) is 0 Å². The van der Waals surface area contributed by atoms with Crippen molar-refractivity contribution < 1.29 is 9.59 Å². The molecule has 0 saturated carbocycles. The second-order valence-corrected chi connectivity index (χ2v) is 4.81. The van der Waals surface area contributed by atoms with Gasteiger partial charge in [0.15, 0.2) is 0 Å². The number of nitrogens with zero attached hydrogens (tertiary/aromatic N) is 5. The minimum absolute atomic E-state index is 0.166. The van der Waals surface area contributed by atoms with E-state index in [1.807, 2.05) is 0 Å². The first-order valence-corrected chi connectivity index (χ1v) is 6.50. The molecule has 22 heavy (non-hydrogen) atoms. The molecule has 9 nitrogen and oxygen atoms in total. The molecule has 0 spiro atoms. The van der Waals surface area contributed by atoms with Crippen LogP contribution in [0.5, 0.6) is 0 Å². The van der Waals surface area contributed by atoms with Crippen LogP contribution in [-0.4, -0.2) is 21.4 Å². The molecule has 110 valence electrons. The minimum atomic E-state index is -0.773. The van der Waals surface area contributed by atoms with E-state index in [1.165, 1.54) is 17.0 Å². The van der Waals surface area contributed by atoms with Crippen molar-refractivity contribution in [1.82, 2.24) is 14.9 Å². The summed E-state index contributed by atoms with van der Waals surface area (Å²) in [5.41, 5.74) is 8.75. The zero-order valence-electron chi connectivity index (χ0n) is 11.3. The van der Waals surface area contributed by atoms with Gasteiger partial charge >= 0.3 is 0 Å². The third-order valence-corrected chi connectivity index (χ3v) is 3.47. The average molecular weight is 298 g/mol. The monoisotopic (exact) mass is 298 g/mol. The van der Waals surface area contributed by atoms with Crippen molar-refractivity contribution in [2.45, 2.75) is 18.9 Å². The molecule has 0 radical (unpaired) electrons. The van der Waals surface area contributed by atoms with E-state index in [4.69, 9.17) is 5.53 Å². The first-order chi connectivity index (χ1) is 10.6. The Kier molecular flexibility index (Phi) is 3.32. The van der Waals surface area contributed by atoms with Crippen LogP contribution in [0.25, 0.3) is 21.3 Å². The number of hydrogen-bond donors (Lipinski definition) is 1. The number of hydrogen-bond acceptors (Lipinski definition) is 5. The molecule has 1 atom stereocenters. The Morgan fingerprint density at radius 2 is 2.18 bits per heavy atom. The van der Waals surface area contributed by atoms with E-state index >= 15 is 0 Å². The molecule has 0 aliphatic carbocycles. The van der Waals surface area contributed by atoms with Gasteiger partial charge in [0, 0.05) is 17.0 Å². The van der Waals surface area contributed by atoms with Crippen LogP contribution < -0.4 is 10.9 Å². The maximum Gasteiger partial charge on any atom is 0.261 e. The molecule has 2 amide bonds. The van der Waals surface area contributed by atoms with Gasteiger partial charge in [-0.3, -0.25) is 24.3 Å². The third kappa shape index (κ3) is 2.29. The fraction of sp³-hybridized carbons (Fsp3) is 0.231. The standard InChI is InChI=1S/C13H10N6O3/c14-18-17-7-1-2-9-8(5-7)13(22)19(6-15-9)10-3-4-11(20)16-12(10)21/h1-2,5-6,10H,3-4H2,(H,16,20,21). The van der Waals surface area contributed by atoms with Crippen LogP contribution in [0.2, 0.25) is 0 Å². The second-order valence-electron chi connectivity index (χ2n) is 4.81. The molecule has 3 rings (SSSR count). The van der Waals surface area contributed by atoms with Crippen molar-refractivity contribution in [3.05, 3.63) is 45.3 Å². The number of carbonyl (C=O) groups is 2. The molecule has 1 fully saturated rings. The molecule has 0 bridgehead atoms. The Morgan fingerprint density at radius 1 is 1.36 bits per heavy atom. The lowest BCUT2D eigenvalue weighted by Crippen LogP contribution is -2.44. The van der Waals surface area contributed by atoms with Crippen molar-refractivity contribution >= 4 is 28.4 Å². The summed E-state index contributed by atoms with van der Waals surface area (Å²) < 4.78 is 1.20. The smallest absolute Gasteiger partial charge is 0.261 e. The summed E-state index contributed by atoms with van der Waals surface area (Å²) in [6.45, 7) is 0. The number of fused-ring (bicyclic) bond motifs is 1. The minimum Gasteiger partial charge on any atom is -0.295 e. The fourth-order valence-electron chi connectivity index (χ4n) is 2.41. The number of nitrogens with one attached hydrogen (secondary N) is 1. The van der Waals surface area contributed by atoms with Gasteiger partial charge in [-0.25, -0.2) is 4.98 Å². The van der Waals surface area contributed by atoms with Gasteiger partial charge in [0.25, 0.3) is 5.56 Å². The zero-order chi connectivity index (χ0) is 15.7. The van der Waals surface area contributed by atoms with Gasteiger partial charge in [0.2, 0.25) is 11.8 Å². The molecule has 9 heteroatoms. The third-order valence-electron chi connectivity index (χ3n) is 3.47. The van der Waals surface area contributed by atoms with E-state index in [0.717, 1.165) is 0 Å². The quantitative estimate of drug-likeness (QED) is 0.387. The molecular weight excluding hydrogens is 288 g/mol. The Balaban J connectivity index is 2.13. The lowest BCUT2D eigenvalue weighted by molar-refractivity contribution is -0.135. The zero-order valence-corrected chi connectivity index (χ0v) is 11.3. The SMILES string of the molecule is [N-]=[N+]=Nc1ccc2ncn(C3CCC(=O)NC3=O)c(=O)c2c1. The van der Waals surface area contributed by atoms with Crippen LogP contribution in [0.1, 0.15) is 18.9 Å². The van der Waals surface area contributed by atoms with E-state index < -0.39 is 17.5 Å². The number of amides is 2. The largest absolute Gasteiger partial charge is 0.295 e. The first kappa shape index (κ1) is 13.8. The number of azide groups is 1. The van der Waals surface area contributed by atoms with Crippen LogP contribution >= 0.6 is 0 Å². The van der Waals surface area contributed by atoms with Crippen LogP contribution in [0.15, 0.2) is 34.4 Å². The van der Waals surface area contributed by atoms with Gasteiger partial charge in [-0.05, 0) is 24.1 Å². The molecule has 1 saturated heterocycles. The van der Waals surface area contributed by atoms with Crippen LogP contribution in [0, 0.1) is 0 Å². The highest BCUT2D eigenvalue weighted by Gasteiger charge is 2.29. The summed E-state index contributed by atoms with van der Waals surface area (Å²) in [6, 6.07) is 3.76. The molecule has 2 aromatic rings. The number of imide groups is 1. The topological polar surface area (TPSA) is 130 Å². The van der Waals surface area contributed by atoms with Crippen molar-refractivity contribution in [1.29, 1.82) is 0 Å². The van der Waals surface area contributed by atoms with Gasteiger partial charge in [0.1, 0.15) is 6.04 Å². The molecule has 1 unspecified atom stereocenters. The van der Waals surface area contributed by atoms with Gasteiger partial charge < -0.3 is 0 Å². The number of carbonyl (C=O) groups excluding carboxylic acids is 2. The summed E-state index contributed by atoms with van der Waals surface area (Å²) in [7, 11) is 0. The highest BCUT2D eigenvalue weighted by molar-refractivity contribution is 5.99. The summed E-state index contributed by atoms with van der Waals surface area (Å²) in [5.74, 6) is -0.876. The normalized spacial score (nSPS) is 17.9. The predicted octanol–water partition coefficient (Wildman–Crippen LogP) is 1.32. The van der Waals surface area contributed by atoms with Crippen molar-refractivity contribution in [3.63, 3.8) is 0 Å². The van der Waals surface area contributed by atoms with Crippen LogP contribution in [-0.2, 0) is 9.59 Å². The van der Waals surface area contributed by atoms with E-state index in [2.05, 4.69) is 20.3 Å². The Labute approximate surface area is 123 Å². The molecule has 1 aromatic heterocycles. The summed E-state index contributed by atoms with van der Waals surface area (Å²) in [6.07, 6.45) is 1.70. The summed E-state index contributed by atoms with van der Waals surface area (Å²) >= 11 is 0. The number of piperidine rings is 1. The Morgan fingerprint density at radius 3 is 2.91 bits per heavy atom. The van der Waals surface area contributed by atoms with Gasteiger partial charge in [0.05, 0.1) is 17.2 Å². The van der Waals surface area contributed by atoms with Crippen LogP contribution in [0.4, 0.5) is 5.69 Å². The molecule has 1 aromatic carbocycles. The van der Waals surface area contributed by atoms with Crippen molar-refractivity contribution in [2.24, 2.45) is 5.11 Å². The first-order valence-electron chi connectivity index (χ1n) is 6.50. The van der Waals surface area contributed by atoms with E-state index in [0.29, 0.717) is 5.52 Å². The summed E-state index contributed by atoms with van der Waals surface area (Å²) in [5, 5.41) is 5.90. The summed E-state index contributed by atoms with van der Waals surface area (Å²) in [4.78, 5) is 42.4. The lowest BCUT2D eigenvalue weighted by atomic mass is 10.1. The average Bonchev–Trinajstić information content (AvgIpc) is 2.49. The van der Waals surface area contributed by atoms with Gasteiger partial charge in [-0.1, -0.05) is 11.2 Å². The van der Waals surface area contributed by atoms with Crippen molar-refractivity contribution in [3.8, 4) is 0 Å². The second kappa shape index (κ2) is 5.30. The fourth-order valence-corrected chi connectivity index (χ4v) is 2.41. The Bertz CT molecular complexity index is 896. The van der Waals surface area contributed by atoms with E-state index in [-0.39, 0.29) is 29.8 Å². The molecule has 1 aliphatic heterocycles. The molecule has 2 heterocycles. The van der Waals surface area contributed by atoms with Gasteiger partial charge in [-0.15, -0.1) is 0 Å². The number of rotatable bonds is 2. The molecule has 1 aliphatic rings. The molecular formula is C13H10N6O3. The highest BCUT2D eigenvalue weighted by Crippen LogP contribution is 2.20. The number of benzene rings is 1. The molecule has 1 N–H and O–H groups in total. The van der Waals surface area contributed by atoms with E-state index in [9.17, 15) is 14.4 Å². The predicted molar refractivity (Wildman–Crippen MR) is 76.2 cm³/mol. The lowest BCUT2D eigenvalue weighted by Gasteiger charge is -2.22. The van der Waals surface area contributed by atoms with E-state index in [1.54, 1.807) is 12.1 Å². The maximum absolute atomic E-state index is 12.5.